The Hall–Kier alpha value is -1.38. The lowest BCUT2D eigenvalue weighted by Gasteiger charge is -2.08. The van der Waals surface area contributed by atoms with Gasteiger partial charge in [0, 0.05) is 6.20 Å². The predicted octanol–water partition coefficient (Wildman–Crippen LogP) is 2.69. The maximum Gasteiger partial charge on any atom is 0.161 e. The van der Waals surface area contributed by atoms with Crippen molar-refractivity contribution in [1.82, 2.24) is 9.78 Å². The summed E-state index contributed by atoms with van der Waals surface area (Å²) in [7, 11) is 0. The zero-order valence-electron chi connectivity index (χ0n) is 9.72. The molecule has 0 amide bonds. The van der Waals surface area contributed by atoms with Gasteiger partial charge in [0.1, 0.15) is 0 Å². The summed E-state index contributed by atoms with van der Waals surface area (Å²) < 4.78 is 2.03. The molecule has 1 aliphatic rings. The lowest BCUT2D eigenvalue weighted by Crippen LogP contribution is -2.07. The van der Waals surface area contributed by atoms with Crippen molar-refractivity contribution >= 4 is 5.78 Å². The average molecular weight is 218 g/mol. The molecule has 1 aromatic heterocycles. The number of allylic oxidation sites excluding steroid dienone is 2. The third-order valence-electron chi connectivity index (χ3n) is 3.07. The fourth-order valence-electron chi connectivity index (χ4n) is 2.27. The monoisotopic (exact) mass is 218 g/mol. The molecule has 0 aliphatic heterocycles. The standard InChI is InChI=1S/C13H18N2O/c1-2-5-13(16)10-11-8-9-15(14-11)12-6-3-4-7-12/h2,5,8-9,12H,3-4,6-7,10H2,1H3/b5-2+. The molecule has 0 bridgehead atoms. The molecule has 0 N–H and O–H groups in total. The van der Waals surface area contributed by atoms with Gasteiger partial charge in [0.05, 0.1) is 18.2 Å². The van der Waals surface area contributed by atoms with Crippen LogP contribution in [0.4, 0.5) is 0 Å². The minimum atomic E-state index is 0.124. The van der Waals surface area contributed by atoms with Crippen LogP contribution in [0.1, 0.15) is 44.3 Å². The average Bonchev–Trinajstić information content (AvgIpc) is 2.86. The SMILES string of the molecule is C/C=C/C(=O)Cc1ccn(C2CCCC2)n1. The topological polar surface area (TPSA) is 34.9 Å². The van der Waals surface area contributed by atoms with Crippen LogP contribution in [0.5, 0.6) is 0 Å². The van der Waals surface area contributed by atoms with Gasteiger partial charge in [-0.25, -0.2) is 0 Å². The van der Waals surface area contributed by atoms with Gasteiger partial charge >= 0.3 is 0 Å². The minimum absolute atomic E-state index is 0.124. The fraction of sp³-hybridized carbons (Fsp3) is 0.538. The fourth-order valence-corrected chi connectivity index (χ4v) is 2.27. The minimum Gasteiger partial charge on any atom is -0.294 e. The first-order chi connectivity index (χ1) is 7.79. The lowest BCUT2D eigenvalue weighted by atomic mass is 10.2. The predicted molar refractivity (Wildman–Crippen MR) is 63.3 cm³/mol. The van der Waals surface area contributed by atoms with Crippen LogP contribution < -0.4 is 0 Å². The van der Waals surface area contributed by atoms with Crippen LogP contribution >= 0.6 is 0 Å². The van der Waals surface area contributed by atoms with Gasteiger partial charge in [0.2, 0.25) is 0 Å². The molecule has 0 atom stereocenters. The van der Waals surface area contributed by atoms with Crippen molar-refractivity contribution < 1.29 is 4.79 Å². The van der Waals surface area contributed by atoms with E-state index in [1.807, 2.05) is 23.9 Å². The Morgan fingerprint density at radius 2 is 2.31 bits per heavy atom. The molecule has 0 unspecified atom stereocenters. The number of hydrogen-bond donors (Lipinski definition) is 0. The summed E-state index contributed by atoms with van der Waals surface area (Å²) in [5.41, 5.74) is 0.884. The van der Waals surface area contributed by atoms with Gasteiger partial charge in [-0.2, -0.15) is 5.10 Å². The van der Waals surface area contributed by atoms with Crippen molar-refractivity contribution in [3.05, 3.63) is 30.1 Å². The molecule has 86 valence electrons. The van der Waals surface area contributed by atoms with E-state index in [0.29, 0.717) is 12.5 Å². The molecule has 0 radical (unpaired) electrons. The van der Waals surface area contributed by atoms with Gasteiger partial charge < -0.3 is 0 Å². The molecule has 1 aliphatic carbocycles. The second-order valence-corrected chi connectivity index (χ2v) is 4.37. The van der Waals surface area contributed by atoms with Crippen LogP contribution in [0.15, 0.2) is 24.4 Å². The Balaban J connectivity index is 1.99. The summed E-state index contributed by atoms with van der Waals surface area (Å²) in [6.07, 6.45) is 10.9. The van der Waals surface area contributed by atoms with Gasteiger partial charge in [-0.15, -0.1) is 0 Å². The van der Waals surface area contributed by atoms with E-state index in [-0.39, 0.29) is 5.78 Å². The summed E-state index contributed by atoms with van der Waals surface area (Å²) in [6, 6.07) is 2.52. The van der Waals surface area contributed by atoms with Crippen LogP contribution in [0.25, 0.3) is 0 Å². The molecule has 2 rings (SSSR count). The number of nitrogens with zero attached hydrogens (tertiary/aromatic N) is 2. The Morgan fingerprint density at radius 3 is 3.00 bits per heavy atom. The third-order valence-corrected chi connectivity index (χ3v) is 3.07. The Bertz CT molecular complexity index is 386. The third kappa shape index (κ3) is 2.60. The highest BCUT2D eigenvalue weighted by Crippen LogP contribution is 2.28. The molecule has 3 heteroatoms. The van der Waals surface area contributed by atoms with Crippen LogP contribution in [-0.4, -0.2) is 15.6 Å². The van der Waals surface area contributed by atoms with Gasteiger partial charge in [-0.1, -0.05) is 18.9 Å². The summed E-state index contributed by atoms with van der Waals surface area (Å²) in [5.74, 6) is 0.124. The van der Waals surface area contributed by atoms with E-state index < -0.39 is 0 Å². The molecule has 1 fully saturated rings. The van der Waals surface area contributed by atoms with Crippen LogP contribution in [0.2, 0.25) is 0 Å². The number of ketones is 1. The summed E-state index contributed by atoms with van der Waals surface area (Å²) in [4.78, 5) is 11.4. The van der Waals surface area contributed by atoms with E-state index in [1.165, 1.54) is 25.7 Å². The molecule has 0 saturated heterocycles. The van der Waals surface area contributed by atoms with Gasteiger partial charge in [0.15, 0.2) is 5.78 Å². The Morgan fingerprint density at radius 1 is 1.56 bits per heavy atom. The van der Waals surface area contributed by atoms with Gasteiger partial charge in [-0.3, -0.25) is 9.48 Å². The number of hydrogen-bond acceptors (Lipinski definition) is 2. The first kappa shape index (κ1) is 11.1. The van der Waals surface area contributed by atoms with E-state index in [4.69, 9.17) is 0 Å². The smallest absolute Gasteiger partial charge is 0.161 e. The van der Waals surface area contributed by atoms with Crippen molar-refractivity contribution in [1.29, 1.82) is 0 Å². The van der Waals surface area contributed by atoms with Gasteiger partial charge in [0.25, 0.3) is 0 Å². The maximum atomic E-state index is 11.4. The largest absolute Gasteiger partial charge is 0.294 e. The summed E-state index contributed by atoms with van der Waals surface area (Å²) >= 11 is 0. The second kappa shape index (κ2) is 5.10. The summed E-state index contributed by atoms with van der Waals surface area (Å²) in [6.45, 7) is 1.86. The highest BCUT2D eigenvalue weighted by molar-refractivity contribution is 5.90. The lowest BCUT2D eigenvalue weighted by molar-refractivity contribution is -0.114. The second-order valence-electron chi connectivity index (χ2n) is 4.37. The van der Waals surface area contributed by atoms with Crippen molar-refractivity contribution in [3.63, 3.8) is 0 Å². The maximum absolute atomic E-state index is 11.4. The first-order valence-electron chi connectivity index (χ1n) is 5.99. The quantitative estimate of drug-likeness (QED) is 0.728. The van der Waals surface area contributed by atoms with Crippen LogP contribution in [0.3, 0.4) is 0 Å². The molecule has 1 saturated carbocycles. The van der Waals surface area contributed by atoms with Crippen LogP contribution in [-0.2, 0) is 11.2 Å². The van der Waals surface area contributed by atoms with Crippen molar-refractivity contribution in [2.75, 3.05) is 0 Å². The van der Waals surface area contributed by atoms with E-state index in [2.05, 4.69) is 5.10 Å². The van der Waals surface area contributed by atoms with E-state index >= 15 is 0 Å². The van der Waals surface area contributed by atoms with Crippen molar-refractivity contribution in [2.45, 2.75) is 45.1 Å². The number of rotatable bonds is 4. The zero-order chi connectivity index (χ0) is 11.4. The normalized spacial score (nSPS) is 17.3. The Kier molecular flexibility index (Phi) is 3.54. The molecular weight excluding hydrogens is 200 g/mol. The van der Waals surface area contributed by atoms with Crippen molar-refractivity contribution in [2.24, 2.45) is 0 Å². The highest BCUT2D eigenvalue weighted by atomic mass is 16.1. The molecule has 1 aromatic rings. The van der Waals surface area contributed by atoms with E-state index in [0.717, 1.165) is 5.69 Å². The highest BCUT2D eigenvalue weighted by Gasteiger charge is 2.17. The molecule has 0 aromatic carbocycles. The molecule has 0 spiro atoms. The Labute approximate surface area is 96.2 Å². The van der Waals surface area contributed by atoms with Crippen LogP contribution in [0, 0.1) is 0 Å². The van der Waals surface area contributed by atoms with E-state index in [1.54, 1.807) is 12.2 Å². The molecular formula is C13H18N2O. The van der Waals surface area contributed by atoms with E-state index in [9.17, 15) is 4.79 Å². The zero-order valence-corrected chi connectivity index (χ0v) is 9.72. The van der Waals surface area contributed by atoms with Crippen molar-refractivity contribution in [3.8, 4) is 0 Å². The summed E-state index contributed by atoms with van der Waals surface area (Å²) in [5, 5.41) is 4.48. The number of carbonyl (C=O) groups excluding carboxylic acids is 1. The number of carbonyl (C=O) groups is 1. The molecule has 1 heterocycles. The number of aromatic nitrogens is 2. The first-order valence-corrected chi connectivity index (χ1v) is 5.99. The molecule has 3 nitrogen and oxygen atoms in total. The molecule has 16 heavy (non-hydrogen) atoms. The van der Waals surface area contributed by atoms with Gasteiger partial charge in [-0.05, 0) is 31.9 Å².